The summed E-state index contributed by atoms with van der Waals surface area (Å²) in [6, 6.07) is 16.9. The van der Waals surface area contributed by atoms with Crippen LogP contribution in [0.5, 0.6) is 0 Å². The smallest absolute Gasteiger partial charge is 0.129 e. The molecule has 2 aromatic carbocycles. The highest BCUT2D eigenvalue weighted by atomic mass is 19.1. The minimum atomic E-state index is -1.03. The fourth-order valence-corrected chi connectivity index (χ4v) is 3.03. The first-order valence-electron chi connectivity index (χ1n) is 7.41. The number of hydrogen-bond acceptors (Lipinski definition) is 2. The van der Waals surface area contributed by atoms with Gasteiger partial charge in [-0.2, -0.15) is 0 Å². The largest absolute Gasteiger partial charge is 0.385 e. The molecule has 0 unspecified atom stereocenters. The van der Waals surface area contributed by atoms with E-state index >= 15 is 0 Å². The summed E-state index contributed by atoms with van der Waals surface area (Å²) in [6.45, 7) is 2.44. The molecular weight excluding hydrogens is 265 g/mol. The second-order valence-electron chi connectivity index (χ2n) is 5.77. The van der Waals surface area contributed by atoms with Gasteiger partial charge in [0.25, 0.3) is 0 Å². The van der Waals surface area contributed by atoms with Crippen molar-refractivity contribution in [1.82, 2.24) is 4.90 Å². The molecule has 2 aromatic rings. The van der Waals surface area contributed by atoms with Gasteiger partial charge in [0, 0.05) is 25.2 Å². The molecule has 1 fully saturated rings. The Hall–Kier alpha value is -1.71. The summed E-state index contributed by atoms with van der Waals surface area (Å²) in [5.74, 6) is -0.309. The van der Waals surface area contributed by atoms with E-state index in [1.807, 2.05) is 18.2 Å². The van der Waals surface area contributed by atoms with E-state index in [1.165, 1.54) is 11.6 Å². The Morgan fingerprint density at radius 2 is 1.57 bits per heavy atom. The lowest BCUT2D eigenvalue weighted by atomic mass is 9.84. The Morgan fingerprint density at radius 1 is 0.952 bits per heavy atom. The average Bonchev–Trinajstić information content (AvgIpc) is 2.51. The Labute approximate surface area is 124 Å². The molecule has 1 aliphatic heterocycles. The Morgan fingerprint density at radius 3 is 2.24 bits per heavy atom. The van der Waals surface area contributed by atoms with Gasteiger partial charge in [-0.25, -0.2) is 4.39 Å². The summed E-state index contributed by atoms with van der Waals surface area (Å²) in [5.41, 5.74) is 0.677. The molecule has 1 saturated heterocycles. The van der Waals surface area contributed by atoms with Crippen LogP contribution in [0.15, 0.2) is 54.6 Å². The van der Waals surface area contributed by atoms with Gasteiger partial charge in [0.05, 0.1) is 5.60 Å². The van der Waals surface area contributed by atoms with Gasteiger partial charge in [0.15, 0.2) is 0 Å². The SMILES string of the molecule is OC1(c2ccccc2F)CCN(Cc2ccccc2)CC1. The van der Waals surface area contributed by atoms with E-state index in [-0.39, 0.29) is 5.82 Å². The minimum Gasteiger partial charge on any atom is -0.385 e. The lowest BCUT2D eigenvalue weighted by molar-refractivity contribution is -0.0302. The highest BCUT2D eigenvalue weighted by molar-refractivity contribution is 5.25. The van der Waals surface area contributed by atoms with Crippen LogP contribution in [-0.2, 0) is 12.1 Å². The van der Waals surface area contributed by atoms with Crippen LogP contribution < -0.4 is 0 Å². The monoisotopic (exact) mass is 285 g/mol. The molecule has 110 valence electrons. The normalized spacial score (nSPS) is 18.6. The summed E-state index contributed by atoms with van der Waals surface area (Å²) < 4.78 is 13.9. The van der Waals surface area contributed by atoms with Crippen molar-refractivity contribution >= 4 is 0 Å². The molecule has 1 aliphatic rings. The molecule has 0 aliphatic carbocycles. The van der Waals surface area contributed by atoms with Crippen LogP contribution in [0, 0.1) is 5.82 Å². The topological polar surface area (TPSA) is 23.5 Å². The molecule has 0 bridgehead atoms. The highest BCUT2D eigenvalue weighted by Crippen LogP contribution is 2.34. The number of piperidine rings is 1. The van der Waals surface area contributed by atoms with E-state index in [0.717, 1.165) is 19.6 Å². The zero-order valence-electron chi connectivity index (χ0n) is 12.0. The molecule has 0 aromatic heterocycles. The van der Waals surface area contributed by atoms with Crippen molar-refractivity contribution in [3.8, 4) is 0 Å². The fraction of sp³-hybridized carbons (Fsp3) is 0.333. The summed E-state index contributed by atoms with van der Waals surface area (Å²) in [4.78, 5) is 2.31. The van der Waals surface area contributed by atoms with Crippen LogP contribution in [0.1, 0.15) is 24.0 Å². The molecular formula is C18H20FNO. The van der Waals surface area contributed by atoms with E-state index < -0.39 is 5.60 Å². The first kappa shape index (κ1) is 14.2. The standard InChI is InChI=1S/C18H20FNO/c19-17-9-5-4-8-16(17)18(21)10-12-20(13-11-18)14-15-6-2-1-3-7-15/h1-9,21H,10-14H2. The van der Waals surface area contributed by atoms with E-state index in [2.05, 4.69) is 17.0 Å². The van der Waals surface area contributed by atoms with Gasteiger partial charge in [-0.3, -0.25) is 4.90 Å². The van der Waals surface area contributed by atoms with Gasteiger partial charge in [-0.15, -0.1) is 0 Å². The van der Waals surface area contributed by atoms with Crippen LogP contribution in [0.25, 0.3) is 0 Å². The Kier molecular flexibility index (Phi) is 4.04. The summed E-state index contributed by atoms with van der Waals surface area (Å²) in [5, 5.41) is 10.7. The number of rotatable bonds is 3. The molecule has 21 heavy (non-hydrogen) atoms. The van der Waals surface area contributed by atoms with Gasteiger partial charge in [0.2, 0.25) is 0 Å². The van der Waals surface area contributed by atoms with E-state index in [0.29, 0.717) is 18.4 Å². The number of halogens is 1. The predicted molar refractivity (Wildman–Crippen MR) is 81.2 cm³/mol. The summed E-state index contributed by atoms with van der Waals surface area (Å²) >= 11 is 0. The summed E-state index contributed by atoms with van der Waals surface area (Å²) in [6.07, 6.45) is 1.14. The second kappa shape index (κ2) is 5.96. The number of benzene rings is 2. The Balaban J connectivity index is 1.66. The molecule has 3 heteroatoms. The van der Waals surface area contributed by atoms with Crippen LogP contribution >= 0.6 is 0 Å². The van der Waals surface area contributed by atoms with E-state index in [1.54, 1.807) is 18.2 Å². The third-order valence-corrected chi connectivity index (χ3v) is 4.31. The minimum absolute atomic E-state index is 0.309. The van der Waals surface area contributed by atoms with Crippen LogP contribution in [-0.4, -0.2) is 23.1 Å². The Bertz CT molecular complexity index is 591. The molecule has 3 rings (SSSR count). The lowest BCUT2D eigenvalue weighted by Crippen LogP contribution is -2.42. The second-order valence-corrected chi connectivity index (χ2v) is 5.77. The molecule has 0 atom stereocenters. The van der Waals surface area contributed by atoms with Gasteiger partial charge in [0.1, 0.15) is 5.82 Å². The van der Waals surface area contributed by atoms with E-state index in [4.69, 9.17) is 0 Å². The van der Waals surface area contributed by atoms with Crippen molar-refractivity contribution in [3.05, 3.63) is 71.5 Å². The number of hydrogen-bond donors (Lipinski definition) is 1. The van der Waals surface area contributed by atoms with Gasteiger partial charge < -0.3 is 5.11 Å². The quantitative estimate of drug-likeness (QED) is 0.935. The maximum atomic E-state index is 13.9. The van der Waals surface area contributed by atoms with Crippen molar-refractivity contribution in [2.24, 2.45) is 0 Å². The maximum Gasteiger partial charge on any atom is 0.129 e. The van der Waals surface area contributed by atoms with Crippen molar-refractivity contribution < 1.29 is 9.50 Å². The molecule has 0 spiro atoms. The van der Waals surface area contributed by atoms with Gasteiger partial charge in [-0.1, -0.05) is 48.5 Å². The van der Waals surface area contributed by atoms with Gasteiger partial charge >= 0.3 is 0 Å². The zero-order chi connectivity index (χ0) is 14.7. The van der Waals surface area contributed by atoms with Crippen molar-refractivity contribution in [2.75, 3.05) is 13.1 Å². The average molecular weight is 285 g/mol. The third kappa shape index (κ3) is 3.14. The first-order valence-corrected chi connectivity index (χ1v) is 7.41. The number of nitrogens with zero attached hydrogens (tertiary/aromatic N) is 1. The summed E-state index contributed by atoms with van der Waals surface area (Å²) in [7, 11) is 0. The van der Waals surface area contributed by atoms with Crippen LogP contribution in [0.3, 0.4) is 0 Å². The van der Waals surface area contributed by atoms with Gasteiger partial charge in [-0.05, 0) is 24.5 Å². The highest BCUT2D eigenvalue weighted by Gasteiger charge is 2.35. The molecule has 0 saturated carbocycles. The number of likely N-dealkylation sites (tertiary alicyclic amines) is 1. The van der Waals surface area contributed by atoms with E-state index in [9.17, 15) is 9.50 Å². The lowest BCUT2D eigenvalue weighted by Gasteiger charge is -2.38. The predicted octanol–water partition coefficient (Wildman–Crippen LogP) is 3.31. The molecule has 1 N–H and O–H groups in total. The third-order valence-electron chi connectivity index (χ3n) is 4.31. The van der Waals surface area contributed by atoms with Crippen molar-refractivity contribution in [1.29, 1.82) is 0 Å². The zero-order valence-corrected chi connectivity index (χ0v) is 12.0. The van der Waals surface area contributed by atoms with Crippen LogP contribution in [0.4, 0.5) is 4.39 Å². The number of aliphatic hydroxyl groups is 1. The fourth-order valence-electron chi connectivity index (χ4n) is 3.03. The molecule has 0 radical (unpaired) electrons. The van der Waals surface area contributed by atoms with Crippen molar-refractivity contribution in [3.63, 3.8) is 0 Å². The maximum absolute atomic E-state index is 13.9. The molecule has 1 heterocycles. The first-order chi connectivity index (χ1) is 10.2. The van der Waals surface area contributed by atoms with Crippen molar-refractivity contribution in [2.45, 2.75) is 25.0 Å². The van der Waals surface area contributed by atoms with Crippen LogP contribution in [0.2, 0.25) is 0 Å². The molecule has 0 amide bonds. The molecule has 2 nitrogen and oxygen atoms in total.